The van der Waals surface area contributed by atoms with E-state index in [9.17, 15) is 14.3 Å². The molecule has 0 radical (unpaired) electrons. The number of nitrogens with zero attached hydrogens (tertiary/aromatic N) is 1. The maximum Gasteiger partial charge on any atom is 0.472 e. The van der Waals surface area contributed by atoms with E-state index in [4.69, 9.17) is 18.5 Å². The molecule has 0 rings (SSSR count). The third-order valence-corrected chi connectivity index (χ3v) is 13.2. The second-order valence-electron chi connectivity index (χ2n) is 20.3. The van der Waals surface area contributed by atoms with Gasteiger partial charge in [-0.05, 0) is 70.6 Å². The van der Waals surface area contributed by atoms with Gasteiger partial charge in [0.15, 0.2) is 0 Å². The maximum atomic E-state index is 12.8. The highest BCUT2D eigenvalue weighted by atomic mass is 31.2. The van der Waals surface area contributed by atoms with Crippen LogP contribution in [-0.2, 0) is 27.9 Å². The number of carbonyl (C=O) groups excluding carboxylic acids is 1. The van der Waals surface area contributed by atoms with Crippen LogP contribution < -0.4 is 0 Å². The fraction of sp³-hybridized carbons (Fsp3) is 0.754. The highest BCUT2D eigenvalue weighted by Gasteiger charge is 2.26. The summed E-state index contributed by atoms with van der Waals surface area (Å²) < 4.78 is 35.2. The zero-order chi connectivity index (χ0) is 51.2. The van der Waals surface area contributed by atoms with Crippen molar-refractivity contribution in [2.24, 2.45) is 0 Å². The number of hydrogen-bond acceptors (Lipinski definition) is 6. The molecule has 2 atom stereocenters. The maximum absolute atomic E-state index is 12.8. The molecule has 0 aromatic heterocycles. The number of esters is 1. The van der Waals surface area contributed by atoms with E-state index in [0.717, 1.165) is 83.5 Å². The molecule has 0 spiro atoms. The fourth-order valence-corrected chi connectivity index (χ4v) is 8.57. The number of likely N-dealkylation sites (N-methyl/N-ethyl adjacent to an activating group) is 1. The van der Waals surface area contributed by atoms with Crippen molar-refractivity contribution in [3.8, 4) is 0 Å². The largest absolute Gasteiger partial charge is 0.472 e. The summed E-state index contributed by atoms with van der Waals surface area (Å²) in [5.41, 5.74) is 0. The van der Waals surface area contributed by atoms with E-state index in [-0.39, 0.29) is 25.8 Å². The molecule has 0 heterocycles. The van der Waals surface area contributed by atoms with Crippen LogP contribution in [0.4, 0.5) is 0 Å². The van der Waals surface area contributed by atoms with Gasteiger partial charge < -0.3 is 18.9 Å². The number of phosphoric acid groups is 1. The Labute approximate surface area is 433 Å². The lowest BCUT2D eigenvalue weighted by atomic mass is 10.0. The van der Waals surface area contributed by atoms with Crippen molar-refractivity contribution in [2.75, 3.05) is 54.1 Å². The average Bonchev–Trinajstić information content (AvgIpc) is 3.32. The molecule has 70 heavy (non-hydrogen) atoms. The van der Waals surface area contributed by atoms with Crippen LogP contribution in [0.5, 0.6) is 0 Å². The Morgan fingerprint density at radius 1 is 0.457 bits per heavy atom. The van der Waals surface area contributed by atoms with Crippen LogP contribution in [0, 0.1) is 0 Å². The molecule has 2 unspecified atom stereocenters. The predicted octanol–water partition coefficient (Wildman–Crippen LogP) is 18.3. The number of hydrogen-bond donors (Lipinski definition) is 1. The molecule has 0 saturated heterocycles. The molecule has 0 aromatic carbocycles. The Balaban J connectivity index is 4.16. The fourth-order valence-electron chi connectivity index (χ4n) is 7.83. The van der Waals surface area contributed by atoms with Crippen molar-refractivity contribution in [3.05, 3.63) is 85.1 Å². The van der Waals surface area contributed by atoms with Crippen molar-refractivity contribution in [1.82, 2.24) is 0 Å². The monoisotopic (exact) mass is 1000 g/mol. The van der Waals surface area contributed by atoms with Gasteiger partial charge in [-0.25, -0.2) is 4.57 Å². The highest BCUT2D eigenvalue weighted by Crippen LogP contribution is 2.43. The Morgan fingerprint density at radius 3 is 1.21 bits per heavy atom. The first-order valence-corrected chi connectivity index (χ1v) is 30.3. The highest BCUT2D eigenvalue weighted by molar-refractivity contribution is 7.47. The van der Waals surface area contributed by atoms with Crippen LogP contribution in [-0.4, -0.2) is 75.6 Å². The Kier molecular flexibility index (Phi) is 51.2. The quantitative estimate of drug-likeness (QED) is 0.0213. The van der Waals surface area contributed by atoms with E-state index in [0.29, 0.717) is 24.1 Å². The minimum absolute atomic E-state index is 0.0770. The molecule has 406 valence electrons. The summed E-state index contributed by atoms with van der Waals surface area (Å²) in [6, 6.07) is 0. The van der Waals surface area contributed by atoms with Gasteiger partial charge in [0.25, 0.3) is 0 Å². The van der Waals surface area contributed by atoms with Gasteiger partial charge in [0.2, 0.25) is 0 Å². The van der Waals surface area contributed by atoms with Crippen molar-refractivity contribution in [2.45, 2.75) is 245 Å². The van der Waals surface area contributed by atoms with E-state index in [1.165, 1.54) is 135 Å². The normalized spacial score (nSPS) is 14.1. The van der Waals surface area contributed by atoms with Crippen LogP contribution in [0.15, 0.2) is 85.1 Å². The lowest BCUT2D eigenvalue weighted by Crippen LogP contribution is -2.37. The van der Waals surface area contributed by atoms with E-state index in [1.54, 1.807) is 0 Å². The summed E-state index contributed by atoms with van der Waals surface area (Å²) >= 11 is 0. The number of carbonyl (C=O) groups is 1. The van der Waals surface area contributed by atoms with Gasteiger partial charge in [-0.15, -0.1) is 0 Å². The number of ether oxygens (including phenoxy) is 2. The lowest BCUT2D eigenvalue weighted by molar-refractivity contribution is -0.870. The summed E-state index contributed by atoms with van der Waals surface area (Å²) in [6.45, 7) is 5.42. The minimum Gasteiger partial charge on any atom is -0.457 e. The second kappa shape index (κ2) is 53.0. The lowest BCUT2D eigenvalue weighted by Gasteiger charge is -2.24. The Bertz CT molecular complexity index is 1390. The summed E-state index contributed by atoms with van der Waals surface area (Å²) in [6.07, 6.45) is 72.3. The van der Waals surface area contributed by atoms with Crippen LogP contribution in [0.2, 0.25) is 0 Å². The van der Waals surface area contributed by atoms with E-state index < -0.39 is 13.9 Å². The summed E-state index contributed by atoms with van der Waals surface area (Å²) in [5.74, 6) is -0.327. The molecule has 9 heteroatoms. The Hall–Kier alpha value is -2.32. The summed E-state index contributed by atoms with van der Waals surface area (Å²) in [7, 11) is 1.64. The van der Waals surface area contributed by atoms with Gasteiger partial charge in [0, 0.05) is 13.0 Å². The standard InChI is InChI=1S/C61H110NO7P/c1-6-8-10-12-14-16-18-20-22-24-26-28-30-32-34-36-38-40-42-44-46-48-50-52-54-61(63)69-60(59-68-70(64,65)67-57-55-62(3,4)5)58-66-56-53-51-49-47-45-43-41-39-37-35-33-31-29-27-25-23-21-19-17-15-13-11-9-7-2/h9,11,15,17,21,23,27,29,33,35,39,41,45,47,60H,6-8,10,12-14,16,18-20,22,24-26,28,30-32,34,36-38,40,42-44,46,48-59H2,1-5H3/p+1/b11-9-,17-15-,23-21-,29-27-,35-33-,41-39-,47-45-. The van der Waals surface area contributed by atoms with Crippen molar-refractivity contribution >= 4 is 13.8 Å². The van der Waals surface area contributed by atoms with Crippen molar-refractivity contribution in [3.63, 3.8) is 0 Å². The molecule has 0 saturated carbocycles. The SMILES string of the molecule is CC/C=C\C/C=C\C/C=C\C/C=C\C/C=C\C/C=C\C/C=C\CCCCOCC(COP(=O)(O)OCC[N+](C)(C)C)OC(=O)CCCCCCCCCCCCCCCCCCCCCCCCCC. The first-order valence-electron chi connectivity index (χ1n) is 28.8. The number of phosphoric ester groups is 1. The zero-order valence-electron chi connectivity index (χ0n) is 46.2. The minimum atomic E-state index is -4.30. The summed E-state index contributed by atoms with van der Waals surface area (Å²) in [5, 5.41) is 0. The molecule has 0 aliphatic heterocycles. The number of rotatable bonds is 53. The Morgan fingerprint density at radius 2 is 0.829 bits per heavy atom. The predicted molar refractivity (Wildman–Crippen MR) is 302 cm³/mol. The molecular formula is C61H111NO7P+. The van der Waals surface area contributed by atoms with E-state index in [1.807, 2.05) is 21.1 Å². The topological polar surface area (TPSA) is 91.3 Å². The third-order valence-electron chi connectivity index (χ3n) is 12.2. The number of unbranched alkanes of at least 4 members (excludes halogenated alkanes) is 25. The molecular weight excluding hydrogens is 890 g/mol. The van der Waals surface area contributed by atoms with E-state index in [2.05, 4.69) is 98.9 Å². The van der Waals surface area contributed by atoms with Crippen LogP contribution in [0.1, 0.15) is 239 Å². The molecule has 0 aromatic rings. The van der Waals surface area contributed by atoms with E-state index >= 15 is 0 Å². The first kappa shape index (κ1) is 67.7. The van der Waals surface area contributed by atoms with Crippen LogP contribution >= 0.6 is 7.82 Å². The molecule has 0 bridgehead atoms. The zero-order valence-corrected chi connectivity index (χ0v) is 47.1. The molecule has 0 aliphatic carbocycles. The molecule has 8 nitrogen and oxygen atoms in total. The van der Waals surface area contributed by atoms with Gasteiger partial charge in [-0.3, -0.25) is 13.8 Å². The van der Waals surface area contributed by atoms with Gasteiger partial charge >= 0.3 is 13.8 Å². The first-order chi connectivity index (χ1) is 34.1. The van der Waals surface area contributed by atoms with Gasteiger partial charge in [-0.2, -0.15) is 0 Å². The molecule has 0 aliphatic rings. The number of allylic oxidation sites excluding steroid dienone is 14. The molecule has 1 N–H and O–H groups in total. The number of quaternary nitrogens is 1. The van der Waals surface area contributed by atoms with Gasteiger partial charge in [0.1, 0.15) is 19.3 Å². The van der Waals surface area contributed by atoms with Crippen LogP contribution in [0.3, 0.4) is 0 Å². The molecule has 0 fully saturated rings. The average molecular weight is 1000 g/mol. The third kappa shape index (κ3) is 56.6. The van der Waals surface area contributed by atoms with Crippen molar-refractivity contribution < 1.29 is 37.3 Å². The second-order valence-corrected chi connectivity index (χ2v) is 21.8. The summed E-state index contributed by atoms with van der Waals surface area (Å²) in [4.78, 5) is 23.1. The molecule has 0 amide bonds. The van der Waals surface area contributed by atoms with Gasteiger partial charge in [0.05, 0.1) is 34.4 Å². The van der Waals surface area contributed by atoms with Crippen LogP contribution in [0.25, 0.3) is 0 Å². The van der Waals surface area contributed by atoms with Crippen molar-refractivity contribution in [1.29, 1.82) is 0 Å². The van der Waals surface area contributed by atoms with Gasteiger partial charge in [-0.1, -0.05) is 247 Å². The smallest absolute Gasteiger partial charge is 0.457 e.